The zero-order valence-electron chi connectivity index (χ0n) is 16.7. The minimum Gasteiger partial charge on any atom is -0.484 e. The van der Waals surface area contributed by atoms with E-state index in [0.717, 1.165) is 18.4 Å². The predicted octanol–water partition coefficient (Wildman–Crippen LogP) is 4.19. The Morgan fingerprint density at radius 2 is 1.93 bits per heavy atom. The van der Waals surface area contributed by atoms with Gasteiger partial charge in [-0.3, -0.25) is 9.59 Å². The number of ether oxygens (including phenoxy) is 1. The SMILES string of the molecule is CCCCNC(=O)[C@@H](C)N(Cc1cccc(Cl)c1)C(=O)COc1ccc(F)cc1. The van der Waals surface area contributed by atoms with E-state index in [9.17, 15) is 14.0 Å². The average molecular weight is 421 g/mol. The van der Waals surface area contributed by atoms with E-state index < -0.39 is 6.04 Å². The first kappa shape index (κ1) is 22.7. The summed E-state index contributed by atoms with van der Waals surface area (Å²) < 4.78 is 18.5. The molecule has 0 unspecified atom stereocenters. The molecule has 0 fully saturated rings. The number of hydrogen-bond donors (Lipinski definition) is 1. The molecule has 0 aliphatic carbocycles. The maximum atomic E-state index is 13.0. The lowest BCUT2D eigenvalue weighted by Crippen LogP contribution is -2.49. The Hall–Kier alpha value is -2.60. The van der Waals surface area contributed by atoms with Gasteiger partial charge in [-0.25, -0.2) is 4.39 Å². The highest BCUT2D eigenvalue weighted by Crippen LogP contribution is 2.16. The van der Waals surface area contributed by atoms with E-state index in [-0.39, 0.29) is 30.8 Å². The summed E-state index contributed by atoms with van der Waals surface area (Å²) >= 11 is 6.05. The van der Waals surface area contributed by atoms with Crippen LogP contribution >= 0.6 is 11.6 Å². The minimum absolute atomic E-state index is 0.217. The summed E-state index contributed by atoms with van der Waals surface area (Å²) in [5, 5.41) is 3.41. The number of halogens is 2. The van der Waals surface area contributed by atoms with Crippen LogP contribution < -0.4 is 10.1 Å². The van der Waals surface area contributed by atoms with Crippen LogP contribution in [-0.4, -0.2) is 35.9 Å². The van der Waals surface area contributed by atoms with Crippen LogP contribution in [0.25, 0.3) is 0 Å². The van der Waals surface area contributed by atoms with Gasteiger partial charge in [-0.1, -0.05) is 37.1 Å². The third-order valence-corrected chi connectivity index (χ3v) is 4.65. The number of hydrogen-bond acceptors (Lipinski definition) is 3. The second kappa shape index (κ2) is 11.4. The molecule has 2 aromatic rings. The van der Waals surface area contributed by atoms with Crippen molar-refractivity contribution in [2.45, 2.75) is 39.3 Å². The topological polar surface area (TPSA) is 58.6 Å². The van der Waals surface area contributed by atoms with Crippen molar-refractivity contribution >= 4 is 23.4 Å². The van der Waals surface area contributed by atoms with E-state index in [4.69, 9.17) is 16.3 Å². The van der Waals surface area contributed by atoms with E-state index in [0.29, 0.717) is 17.3 Å². The summed E-state index contributed by atoms with van der Waals surface area (Å²) in [5.41, 5.74) is 0.806. The van der Waals surface area contributed by atoms with Crippen molar-refractivity contribution in [3.8, 4) is 5.75 Å². The number of carbonyl (C=O) groups excluding carboxylic acids is 2. The van der Waals surface area contributed by atoms with Gasteiger partial charge < -0.3 is 15.0 Å². The zero-order chi connectivity index (χ0) is 21.2. The zero-order valence-corrected chi connectivity index (χ0v) is 17.4. The third kappa shape index (κ3) is 7.38. The molecule has 5 nitrogen and oxygen atoms in total. The molecule has 0 aliphatic rings. The van der Waals surface area contributed by atoms with Gasteiger partial charge in [-0.05, 0) is 55.3 Å². The van der Waals surface area contributed by atoms with Gasteiger partial charge in [0.2, 0.25) is 5.91 Å². The summed E-state index contributed by atoms with van der Waals surface area (Å²) in [4.78, 5) is 26.8. The molecule has 0 bridgehead atoms. The van der Waals surface area contributed by atoms with Crippen molar-refractivity contribution in [2.24, 2.45) is 0 Å². The third-order valence-electron chi connectivity index (χ3n) is 4.41. The smallest absolute Gasteiger partial charge is 0.261 e. The maximum Gasteiger partial charge on any atom is 0.261 e. The van der Waals surface area contributed by atoms with Crippen molar-refractivity contribution in [1.82, 2.24) is 10.2 Å². The number of nitrogens with zero attached hydrogens (tertiary/aromatic N) is 1. The molecule has 0 radical (unpaired) electrons. The van der Waals surface area contributed by atoms with Crippen LogP contribution in [0.3, 0.4) is 0 Å². The lowest BCUT2D eigenvalue weighted by molar-refractivity contribution is -0.142. The molecule has 1 atom stereocenters. The maximum absolute atomic E-state index is 13.0. The van der Waals surface area contributed by atoms with Crippen molar-refractivity contribution < 1.29 is 18.7 Å². The Labute approximate surface area is 175 Å². The Kier molecular flexibility index (Phi) is 8.93. The molecule has 0 heterocycles. The second-order valence-electron chi connectivity index (χ2n) is 6.71. The van der Waals surface area contributed by atoms with Crippen LogP contribution in [0.2, 0.25) is 5.02 Å². The number of unbranched alkanes of at least 4 members (excludes halogenated alkanes) is 1. The van der Waals surface area contributed by atoms with E-state index in [2.05, 4.69) is 5.32 Å². The van der Waals surface area contributed by atoms with Gasteiger partial charge >= 0.3 is 0 Å². The van der Waals surface area contributed by atoms with Crippen molar-refractivity contribution in [3.63, 3.8) is 0 Å². The van der Waals surface area contributed by atoms with Crippen LogP contribution in [0.5, 0.6) is 5.75 Å². The normalized spacial score (nSPS) is 11.6. The Balaban J connectivity index is 2.10. The van der Waals surface area contributed by atoms with E-state index >= 15 is 0 Å². The first-order valence-electron chi connectivity index (χ1n) is 9.60. The van der Waals surface area contributed by atoms with Crippen LogP contribution in [0.15, 0.2) is 48.5 Å². The molecule has 29 heavy (non-hydrogen) atoms. The molecule has 7 heteroatoms. The number of rotatable bonds is 10. The van der Waals surface area contributed by atoms with E-state index in [1.807, 2.05) is 13.0 Å². The largest absolute Gasteiger partial charge is 0.484 e. The fourth-order valence-electron chi connectivity index (χ4n) is 2.71. The summed E-state index contributed by atoms with van der Waals surface area (Å²) in [5.74, 6) is -0.589. The molecule has 0 spiro atoms. The van der Waals surface area contributed by atoms with E-state index in [1.165, 1.54) is 29.2 Å². The fraction of sp³-hybridized carbons (Fsp3) is 0.364. The summed E-state index contributed by atoms with van der Waals surface area (Å²) in [6.07, 6.45) is 1.83. The molecule has 156 valence electrons. The Bertz CT molecular complexity index is 814. The molecule has 2 amide bonds. The molecule has 2 aromatic carbocycles. The standard InChI is InChI=1S/C22H26ClFN2O3/c1-3-4-12-25-22(28)16(2)26(14-17-6-5-7-18(23)13-17)21(27)15-29-20-10-8-19(24)9-11-20/h5-11,13,16H,3-4,12,14-15H2,1-2H3,(H,25,28)/t16-/m1/s1. The van der Waals surface area contributed by atoms with Crippen LogP contribution in [0, 0.1) is 5.82 Å². The quantitative estimate of drug-likeness (QED) is 0.586. The summed E-state index contributed by atoms with van der Waals surface area (Å²) in [6, 6.07) is 11.9. The van der Waals surface area contributed by atoms with Gasteiger partial charge in [-0.2, -0.15) is 0 Å². The Morgan fingerprint density at radius 1 is 1.21 bits per heavy atom. The van der Waals surface area contributed by atoms with Crippen LogP contribution in [0.1, 0.15) is 32.3 Å². The minimum atomic E-state index is -0.685. The molecule has 0 aromatic heterocycles. The molecule has 0 aliphatic heterocycles. The first-order valence-corrected chi connectivity index (χ1v) is 9.98. The first-order chi connectivity index (χ1) is 13.9. The van der Waals surface area contributed by atoms with Gasteiger partial charge in [0.1, 0.15) is 17.6 Å². The second-order valence-corrected chi connectivity index (χ2v) is 7.15. The molecule has 0 saturated heterocycles. The van der Waals surface area contributed by atoms with E-state index in [1.54, 1.807) is 25.1 Å². The van der Waals surface area contributed by atoms with Crippen molar-refractivity contribution in [3.05, 3.63) is 64.9 Å². The number of benzene rings is 2. The number of nitrogens with one attached hydrogen (secondary N) is 1. The van der Waals surface area contributed by atoms with Gasteiger partial charge in [0.25, 0.3) is 5.91 Å². The molecule has 2 rings (SSSR count). The predicted molar refractivity (Wildman–Crippen MR) is 111 cm³/mol. The van der Waals surface area contributed by atoms with Crippen LogP contribution in [0.4, 0.5) is 4.39 Å². The van der Waals surface area contributed by atoms with Gasteiger partial charge in [0, 0.05) is 18.1 Å². The monoisotopic (exact) mass is 420 g/mol. The molecule has 1 N–H and O–H groups in total. The highest BCUT2D eigenvalue weighted by Gasteiger charge is 2.26. The lowest BCUT2D eigenvalue weighted by atomic mass is 10.1. The molecular formula is C22H26ClFN2O3. The highest BCUT2D eigenvalue weighted by atomic mass is 35.5. The van der Waals surface area contributed by atoms with Gasteiger partial charge in [0.05, 0.1) is 0 Å². The molecule has 0 saturated carbocycles. The molecular weight excluding hydrogens is 395 g/mol. The summed E-state index contributed by atoms with van der Waals surface area (Å²) in [6.45, 7) is 4.23. The highest BCUT2D eigenvalue weighted by molar-refractivity contribution is 6.30. The number of amides is 2. The van der Waals surface area contributed by atoms with Crippen molar-refractivity contribution in [1.29, 1.82) is 0 Å². The Morgan fingerprint density at radius 3 is 2.59 bits per heavy atom. The van der Waals surface area contributed by atoms with Crippen LogP contribution in [-0.2, 0) is 16.1 Å². The number of carbonyl (C=O) groups is 2. The fourth-order valence-corrected chi connectivity index (χ4v) is 2.92. The lowest BCUT2D eigenvalue weighted by Gasteiger charge is -2.28. The van der Waals surface area contributed by atoms with Crippen molar-refractivity contribution in [2.75, 3.05) is 13.2 Å². The van der Waals surface area contributed by atoms with Gasteiger partial charge in [-0.15, -0.1) is 0 Å². The average Bonchev–Trinajstić information content (AvgIpc) is 2.71. The van der Waals surface area contributed by atoms with Gasteiger partial charge in [0.15, 0.2) is 6.61 Å². The summed E-state index contributed by atoms with van der Waals surface area (Å²) in [7, 11) is 0.